The Morgan fingerprint density at radius 1 is 0.541 bits per heavy atom. The molecule has 13 heteroatoms. The van der Waals surface area contributed by atoms with Gasteiger partial charge in [-0.15, -0.1) is 0 Å². The molecular formula is C24H41N5O8. The van der Waals surface area contributed by atoms with Crippen LogP contribution in [0.3, 0.4) is 0 Å². The number of nitrogens with two attached hydrogens (primary N) is 2. The lowest BCUT2D eigenvalue weighted by Crippen LogP contribution is -2.62. The molecule has 2 saturated carbocycles. The van der Waals surface area contributed by atoms with Gasteiger partial charge >= 0.3 is 17.9 Å². The van der Waals surface area contributed by atoms with Gasteiger partial charge in [-0.3, -0.25) is 38.7 Å². The first kappa shape index (κ1) is 30.5. The molecule has 0 saturated heterocycles. The molecule has 0 unspecified atom stereocenters. The van der Waals surface area contributed by atoms with Gasteiger partial charge in [0.2, 0.25) is 11.8 Å². The van der Waals surface area contributed by atoms with Gasteiger partial charge in [-0.1, -0.05) is 38.5 Å². The summed E-state index contributed by atoms with van der Waals surface area (Å²) in [5.41, 5.74) is 9.27. The summed E-state index contributed by atoms with van der Waals surface area (Å²) < 4.78 is 0. The highest BCUT2D eigenvalue weighted by molar-refractivity contribution is 5.86. The van der Waals surface area contributed by atoms with E-state index in [1.807, 2.05) is 0 Å². The highest BCUT2D eigenvalue weighted by Crippen LogP contribution is 2.35. The van der Waals surface area contributed by atoms with Gasteiger partial charge in [-0.25, -0.2) is 0 Å². The van der Waals surface area contributed by atoms with E-state index in [0.29, 0.717) is 25.7 Å². The van der Waals surface area contributed by atoms with Crippen molar-refractivity contribution in [3.05, 3.63) is 0 Å². The number of aliphatic carboxylic acids is 3. The number of nitrogens with zero attached hydrogens (tertiary/aromatic N) is 3. The maximum atomic E-state index is 12.5. The van der Waals surface area contributed by atoms with Crippen LogP contribution in [0.25, 0.3) is 0 Å². The first-order valence-corrected chi connectivity index (χ1v) is 12.9. The Hall–Kier alpha value is -2.77. The van der Waals surface area contributed by atoms with Crippen molar-refractivity contribution < 1.29 is 39.3 Å². The molecule has 0 aromatic carbocycles. The zero-order chi connectivity index (χ0) is 27.6. The number of carbonyl (C=O) groups is 5. The maximum Gasteiger partial charge on any atom is 0.317 e. The third-order valence-corrected chi connectivity index (χ3v) is 7.87. The van der Waals surface area contributed by atoms with Gasteiger partial charge in [-0.05, 0) is 25.7 Å². The average Bonchev–Trinajstić information content (AvgIpc) is 2.83. The first-order chi connectivity index (χ1) is 17.4. The van der Waals surface area contributed by atoms with E-state index in [2.05, 4.69) is 0 Å². The van der Waals surface area contributed by atoms with Gasteiger partial charge in [0.15, 0.2) is 0 Å². The number of amides is 2. The summed E-state index contributed by atoms with van der Waals surface area (Å²) in [5.74, 6) is -4.54. The largest absolute Gasteiger partial charge is 0.480 e. The molecule has 2 amide bonds. The number of carboxylic acid groups (broad SMARTS) is 3. The number of carbonyl (C=O) groups excluding carboxylic acids is 2. The van der Waals surface area contributed by atoms with E-state index in [4.69, 9.17) is 11.5 Å². The number of rotatable bonds is 16. The molecular weight excluding hydrogens is 486 g/mol. The molecule has 0 aliphatic heterocycles. The SMILES string of the molecule is NC(=O)C1(N(CCN(CCN(CC(=O)O)C2(C(N)=O)CCCCC2)CC(=O)O)CC(=O)O)CCCCC1. The van der Waals surface area contributed by atoms with Crippen molar-refractivity contribution in [2.24, 2.45) is 11.5 Å². The molecule has 37 heavy (non-hydrogen) atoms. The van der Waals surface area contributed by atoms with E-state index < -0.39 is 53.9 Å². The van der Waals surface area contributed by atoms with Crippen molar-refractivity contribution in [2.45, 2.75) is 75.3 Å². The fourth-order valence-corrected chi connectivity index (χ4v) is 5.91. The molecule has 2 fully saturated rings. The highest BCUT2D eigenvalue weighted by atomic mass is 16.4. The maximum absolute atomic E-state index is 12.5. The number of carboxylic acids is 3. The Morgan fingerprint density at radius 2 is 0.865 bits per heavy atom. The molecule has 0 atom stereocenters. The van der Waals surface area contributed by atoms with Gasteiger partial charge < -0.3 is 26.8 Å². The van der Waals surface area contributed by atoms with E-state index in [9.17, 15) is 39.3 Å². The Morgan fingerprint density at radius 3 is 1.14 bits per heavy atom. The second kappa shape index (κ2) is 13.7. The Bertz CT molecular complexity index is 779. The van der Waals surface area contributed by atoms with E-state index in [1.54, 1.807) is 4.90 Å². The molecule has 0 aromatic heterocycles. The number of hydrogen-bond donors (Lipinski definition) is 5. The quantitative estimate of drug-likeness (QED) is 0.173. The van der Waals surface area contributed by atoms with Crippen LogP contribution in [-0.2, 0) is 24.0 Å². The third kappa shape index (κ3) is 8.11. The van der Waals surface area contributed by atoms with Crippen molar-refractivity contribution in [1.82, 2.24) is 14.7 Å². The fourth-order valence-electron chi connectivity index (χ4n) is 5.91. The van der Waals surface area contributed by atoms with Crippen LogP contribution in [0.5, 0.6) is 0 Å². The van der Waals surface area contributed by atoms with Crippen LogP contribution in [0.15, 0.2) is 0 Å². The molecule has 2 rings (SSSR count). The summed E-state index contributed by atoms with van der Waals surface area (Å²) in [7, 11) is 0. The standard InChI is InChI=1S/C24H41N5O8/c25-21(36)23(7-3-1-4-8-23)28(16-19(32)33)13-11-27(15-18(30)31)12-14-29(17-20(34)35)24(22(26)37)9-5-2-6-10-24/h1-17H2,(H2,25,36)(H2,26,37)(H,30,31)(H,32,33)(H,34,35). The molecule has 0 spiro atoms. The summed E-state index contributed by atoms with van der Waals surface area (Å²) in [6.45, 7) is -0.822. The Labute approximate surface area is 216 Å². The molecule has 2 aliphatic rings. The van der Waals surface area contributed by atoms with Gasteiger partial charge in [-0.2, -0.15) is 0 Å². The predicted octanol–water partition coefficient (Wildman–Crippen LogP) is -0.477. The van der Waals surface area contributed by atoms with Crippen molar-refractivity contribution in [3.8, 4) is 0 Å². The van der Waals surface area contributed by atoms with Crippen LogP contribution in [0.1, 0.15) is 64.2 Å². The summed E-state index contributed by atoms with van der Waals surface area (Å²) >= 11 is 0. The van der Waals surface area contributed by atoms with E-state index in [1.165, 1.54) is 9.80 Å². The first-order valence-electron chi connectivity index (χ1n) is 12.9. The van der Waals surface area contributed by atoms with Gasteiger partial charge in [0.1, 0.15) is 11.1 Å². The van der Waals surface area contributed by atoms with Crippen molar-refractivity contribution >= 4 is 29.7 Å². The molecule has 2 aliphatic carbocycles. The Balaban J connectivity index is 2.21. The minimum atomic E-state index is -1.12. The topological polar surface area (TPSA) is 208 Å². The molecule has 0 aromatic rings. The summed E-state index contributed by atoms with van der Waals surface area (Å²) in [5, 5.41) is 28.5. The molecule has 0 bridgehead atoms. The van der Waals surface area contributed by atoms with E-state index in [-0.39, 0.29) is 32.7 Å². The predicted molar refractivity (Wildman–Crippen MR) is 133 cm³/mol. The summed E-state index contributed by atoms with van der Waals surface area (Å²) in [4.78, 5) is 64.4. The highest BCUT2D eigenvalue weighted by Gasteiger charge is 2.45. The van der Waals surface area contributed by atoms with Crippen LogP contribution in [0, 0.1) is 0 Å². The smallest absolute Gasteiger partial charge is 0.317 e. The fraction of sp³-hybridized carbons (Fsp3) is 0.792. The lowest BCUT2D eigenvalue weighted by molar-refractivity contribution is -0.145. The van der Waals surface area contributed by atoms with Crippen LogP contribution < -0.4 is 11.5 Å². The molecule has 0 heterocycles. The normalized spacial score (nSPS) is 19.1. The van der Waals surface area contributed by atoms with Crippen molar-refractivity contribution in [3.63, 3.8) is 0 Å². The van der Waals surface area contributed by atoms with Crippen LogP contribution in [0.2, 0.25) is 0 Å². The molecule has 7 N–H and O–H groups in total. The molecule has 13 nitrogen and oxygen atoms in total. The van der Waals surface area contributed by atoms with Crippen molar-refractivity contribution in [1.29, 1.82) is 0 Å². The minimum Gasteiger partial charge on any atom is -0.480 e. The van der Waals surface area contributed by atoms with Crippen LogP contribution >= 0.6 is 0 Å². The van der Waals surface area contributed by atoms with Crippen LogP contribution in [-0.4, -0.2) is 117 Å². The lowest BCUT2D eigenvalue weighted by Gasteiger charge is -2.45. The second-order valence-electron chi connectivity index (χ2n) is 10.2. The second-order valence-corrected chi connectivity index (χ2v) is 10.2. The Kier molecular flexibility index (Phi) is 11.3. The summed E-state index contributed by atoms with van der Waals surface area (Å²) in [6, 6.07) is 0. The number of hydrogen-bond acceptors (Lipinski definition) is 8. The van der Waals surface area contributed by atoms with Crippen LogP contribution in [0.4, 0.5) is 0 Å². The zero-order valence-electron chi connectivity index (χ0n) is 21.4. The van der Waals surface area contributed by atoms with Gasteiger partial charge in [0, 0.05) is 26.2 Å². The number of primary amides is 2. The van der Waals surface area contributed by atoms with Crippen molar-refractivity contribution in [2.75, 3.05) is 45.8 Å². The van der Waals surface area contributed by atoms with Gasteiger partial charge in [0.25, 0.3) is 0 Å². The monoisotopic (exact) mass is 527 g/mol. The lowest BCUT2D eigenvalue weighted by atomic mass is 9.79. The van der Waals surface area contributed by atoms with E-state index in [0.717, 1.165) is 38.5 Å². The zero-order valence-corrected chi connectivity index (χ0v) is 21.4. The molecule has 210 valence electrons. The third-order valence-electron chi connectivity index (χ3n) is 7.87. The minimum absolute atomic E-state index is 0.0857. The average molecular weight is 528 g/mol. The van der Waals surface area contributed by atoms with E-state index >= 15 is 0 Å². The molecule has 0 radical (unpaired) electrons. The van der Waals surface area contributed by atoms with Gasteiger partial charge in [0.05, 0.1) is 19.6 Å². The summed E-state index contributed by atoms with van der Waals surface area (Å²) in [6.07, 6.45) is 6.50.